The molecule has 1 heterocycles. The number of amides is 1. The van der Waals surface area contributed by atoms with Gasteiger partial charge in [-0.05, 0) is 30.3 Å². The normalized spacial score (nSPS) is 17.4. The summed E-state index contributed by atoms with van der Waals surface area (Å²) in [6.45, 7) is 0. The second-order valence-corrected chi connectivity index (χ2v) is 6.16. The van der Waals surface area contributed by atoms with Crippen LogP contribution in [0, 0.1) is 0 Å². The minimum atomic E-state index is -1.04. The molecule has 0 fully saturated rings. The van der Waals surface area contributed by atoms with Crippen LogP contribution in [0.5, 0.6) is 0 Å². The maximum absolute atomic E-state index is 11.7. The van der Waals surface area contributed by atoms with E-state index in [0.717, 1.165) is 15.5 Å². The lowest BCUT2D eigenvalue weighted by molar-refractivity contribution is -0.125. The van der Waals surface area contributed by atoms with E-state index in [2.05, 4.69) is 0 Å². The lowest BCUT2D eigenvalue weighted by atomic mass is 10.1. The monoisotopic (exact) mass is 305 g/mol. The highest BCUT2D eigenvalue weighted by atomic mass is 35.5. The molecule has 0 saturated carbocycles. The summed E-state index contributed by atoms with van der Waals surface area (Å²) in [6.07, 6.45) is -1.04. The first-order valence-electron chi connectivity index (χ1n) is 6.09. The number of anilines is 1. The molecule has 2 aromatic rings. The third-order valence-electron chi connectivity index (χ3n) is 3.25. The van der Waals surface area contributed by atoms with E-state index in [4.69, 9.17) is 11.6 Å². The number of fused-ring (bicyclic) bond motifs is 1. The molecule has 0 spiro atoms. The number of carbonyl (C=O) groups is 1. The number of hydrogen-bond donors (Lipinski definition) is 1. The quantitative estimate of drug-likeness (QED) is 0.923. The van der Waals surface area contributed by atoms with Gasteiger partial charge in [0, 0.05) is 27.4 Å². The van der Waals surface area contributed by atoms with Crippen molar-refractivity contribution in [2.75, 3.05) is 11.9 Å². The number of hydrogen-bond acceptors (Lipinski definition) is 3. The Bertz CT molecular complexity index is 689. The SMILES string of the molecule is CN1C(=O)C(O)c2ccc(Sc3cccc(Cl)c3)cc21. The van der Waals surface area contributed by atoms with E-state index in [1.54, 1.807) is 24.9 Å². The molecule has 0 aromatic heterocycles. The van der Waals surface area contributed by atoms with Crippen LogP contribution in [0.1, 0.15) is 11.7 Å². The van der Waals surface area contributed by atoms with Crippen LogP contribution in [-0.4, -0.2) is 18.1 Å². The molecule has 0 aliphatic carbocycles. The van der Waals surface area contributed by atoms with Gasteiger partial charge in [0.2, 0.25) is 0 Å². The fraction of sp³-hybridized carbons (Fsp3) is 0.133. The number of halogens is 1. The van der Waals surface area contributed by atoms with Gasteiger partial charge in [0.1, 0.15) is 0 Å². The Morgan fingerprint density at radius 3 is 2.70 bits per heavy atom. The van der Waals surface area contributed by atoms with Gasteiger partial charge in [-0.1, -0.05) is 35.5 Å². The number of benzene rings is 2. The zero-order chi connectivity index (χ0) is 14.3. The van der Waals surface area contributed by atoms with Crippen LogP contribution in [0.25, 0.3) is 0 Å². The summed E-state index contributed by atoms with van der Waals surface area (Å²) in [5.41, 5.74) is 1.42. The molecular weight excluding hydrogens is 294 g/mol. The van der Waals surface area contributed by atoms with Gasteiger partial charge in [0.05, 0.1) is 5.69 Å². The van der Waals surface area contributed by atoms with E-state index >= 15 is 0 Å². The van der Waals surface area contributed by atoms with Gasteiger partial charge in [-0.2, -0.15) is 0 Å². The Morgan fingerprint density at radius 1 is 1.20 bits per heavy atom. The maximum atomic E-state index is 11.7. The molecule has 0 saturated heterocycles. The first-order valence-corrected chi connectivity index (χ1v) is 7.29. The highest BCUT2D eigenvalue weighted by Gasteiger charge is 2.33. The average Bonchev–Trinajstić information content (AvgIpc) is 2.64. The summed E-state index contributed by atoms with van der Waals surface area (Å²) in [7, 11) is 1.67. The number of aliphatic hydroxyl groups is 1. The van der Waals surface area contributed by atoms with Crippen molar-refractivity contribution < 1.29 is 9.90 Å². The smallest absolute Gasteiger partial charge is 0.260 e. The van der Waals surface area contributed by atoms with Gasteiger partial charge in [-0.15, -0.1) is 0 Å². The number of rotatable bonds is 2. The zero-order valence-corrected chi connectivity index (χ0v) is 12.3. The maximum Gasteiger partial charge on any atom is 0.260 e. The van der Waals surface area contributed by atoms with Crippen LogP contribution in [0.15, 0.2) is 52.3 Å². The molecule has 0 bridgehead atoms. The number of nitrogens with zero attached hydrogens (tertiary/aromatic N) is 1. The van der Waals surface area contributed by atoms with Gasteiger partial charge in [0.25, 0.3) is 5.91 Å². The molecule has 3 rings (SSSR count). The summed E-state index contributed by atoms with van der Waals surface area (Å²) in [5.74, 6) is -0.287. The van der Waals surface area contributed by atoms with Crippen molar-refractivity contribution in [2.45, 2.75) is 15.9 Å². The molecule has 1 amide bonds. The summed E-state index contributed by atoms with van der Waals surface area (Å²) >= 11 is 7.54. The van der Waals surface area contributed by atoms with Gasteiger partial charge in [-0.25, -0.2) is 0 Å². The van der Waals surface area contributed by atoms with E-state index in [0.29, 0.717) is 10.6 Å². The van der Waals surface area contributed by atoms with Crippen molar-refractivity contribution in [3.63, 3.8) is 0 Å². The van der Waals surface area contributed by atoms with Crippen molar-refractivity contribution >= 4 is 35.0 Å². The fourth-order valence-corrected chi connectivity index (χ4v) is 3.38. The third kappa shape index (κ3) is 2.30. The zero-order valence-electron chi connectivity index (χ0n) is 10.7. The summed E-state index contributed by atoms with van der Waals surface area (Å²) in [4.78, 5) is 15.2. The predicted molar refractivity (Wildman–Crippen MR) is 80.4 cm³/mol. The van der Waals surface area contributed by atoms with Crippen LogP contribution in [0.4, 0.5) is 5.69 Å². The van der Waals surface area contributed by atoms with Crippen LogP contribution < -0.4 is 4.90 Å². The molecule has 5 heteroatoms. The lowest BCUT2D eigenvalue weighted by Crippen LogP contribution is -2.23. The Hall–Kier alpha value is -1.49. The fourth-order valence-electron chi connectivity index (χ4n) is 2.21. The molecule has 1 aliphatic rings. The summed E-state index contributed by atoms with van der Waals surface area (Å²) in [6, 6.07) is 13.2. The number of aliphatic hydroxyl groups excluding tert-OH is 1. The second kappa shape index (κ2) is 5.13. The van der Waals surface area contributed by atoms with Crippen molar-refractivity contribution in [1.82, 2.24) is 0 Å². The molecule has 0 radical (unpaired) electrons. The lowest BCUT2D eigenvalue weighted by Gasteiger charge is -2.11. The molecule has 1 unspecified atom stereocenters. The van der Waals surface area contributed by atoms with E-state index < -0.39 is 6.10 Å². The highest BCUT2D eigenvalue weighted by molar-refractivity contribution is 7.99. The molecule has 3 nitrogen and oxygen atoms in total. The predicted octanol–water partition coefficient (Wildman–Crippen LogP) is 3.50. The molecule has 1 atom stereocenters. The van der Waals surface area contributed by atoms with Crippen molar-refractivity contribution in [1.29, 1.82) is 0 Å². The Kier molecular flexibility index (Phi) is 3.46. The Balaban J connectivity index is 1.92. The molecule has 1 aliphatic heterocycles. The Labute approximate surface area is 126 Å². The Morgan fingerprint density at radius 2 is 1.95 bits per heavy atom. The molecule has 2 aromatic carbocycles. The molecular formula is C15H12ClNO2S. The molecule has 102 valence electrons. The van der Waals surface area contributed by atoms with Crippen molar-refractivity contribution in [2.24, 2.45) is 0 Å². The minimum absolute atomic E-state index is 0.287. The second-order valence-electron chi connectivity index (χ2n) is 4.58. The van der Waals surface area contributed by atoms with Crippen LogP contribution in [-0.2, 0) is 4.79 Å². The largest absolute Gasteiger partial charge is 0.378 e. The highest BCUT2D eigenvalue weighted by Crippen LogP contribution is 2.39. The van der Waals surface area contributed by atoms with Crippen LogP contribution >= 0.6 is 23.4 Å². The minimum Gasteiger partial charge on any atom is -0.378 e. The van der Waals surface area contributed by atoms with E-state index in [-0.39, 0.29) is 5.91 Å². The van der Waals surface area contributed by atoms with E-state index in [9.17, 15) is 9.90 Å². The third-order valence-corrected chi connectivity index (χ3v) is 4.47. The van der Waals surface area contributed by atoms with Crippen molar-refractivity contribution in [3.8, 4) is 0 Å². The first kappa shape index (κ1) is 13.5. The van der Waals surface area contributed by atoms with Crippen LogP contribution in [0.2, 0.25) is 5.02 Å². The summed E-state index contributed by atoms with van der Waals surface area (Å²) in [5, 5.41) is 10.5. The number of carbonyl (C=O) groups excluding carboxylic acids is 1. The van der Waals surface area contributed by atoms with Crippen molar-refractivity contribution in [3.05, 3.63) is 53.1 Å². The topological polar surface area (TPSA) is 40.5 Å². The number of likely N-dealkylation sites (N-methyl/N-ethyl adjacent to an activating group) is 1. The van der Waals surface area contributed by atoms with E-state index in [1.165, 1.54) is 4.90 Å². The standard InChI is InChI=1S/C15H12ClNO2S/c1-17-13-8-11(5-6-12(13)14(18)15(17)19)20-10-4-2-3-9(16)7-10/h2-8,14,18H,1H3. The molecule has 1 N–H and O–H groups in total. The first-order chi connectivity index (χ1) is 9.56. The average molecular weight is 306 g/mol. The van der Waals surface area contributed by atoms with Gasteiger partial charge >= 0.3 is 0 Å². The van der Waals surface area contributed by atoms with Gasteiger partial charge < -0.3 is 10.0 Å². The molecule has 20 heavy (non-hydrogen) atoms. The van der Waals surface area contributed by atoms with Gasteiger partial charge in [0.15, 0.2) is 6.10 Å². The van der Waals surface area contributed by atoms with Crippen LogP contribution in [0.3, 0.4) is 0 Å². The van der Waals surface area contributed by atoms with Gasteiger partial charge in [-0.3, -0.25) is 4.79 Å². The van der Waals surface area contributed by atoms with E-state index in [1.807, 2.05) is 36.4 Å². The summed E-state index contributed by atoms with van der Waals surface area (Å²) < 4.78 is 0.